The van der Waals surface area contributed by atoms with E-state index in [4.69, 9.17) is 0 Å². The van der Waals surface area contributed by atoms with Crippen LogP contribution in [0.5, 0.6) is 5.75 Å². The Labute approximate surface area is 132 Å². The molecule has 0 bridgehead atoms. The third-order valence-corrected chi connectivity index (χ3v) is 4.27. The molecule has 23 heavy (non-hydrogen) atoms. The Bertz CT molecular complexity index is 745. The topological polar surface area (TPSA) is 80.0 Å². The van der Waals surface area contributed by atoms with Crippen LogP contribution in [0.2, 0.25) is 0 Å². The number of phenols is 1. The van der Waals surface area contributed by atoms with E-state index in [1.165, 1.54) is 12.1 Å². The van der Waals surface area contributed by atoms with Crippen LogP contribution >= 0.6 is 0 Å². The summed E-state index contributed by atoms with van der Waals surface area (Å²) in [6.07, 6.45) is 4.49. The van der Waals surface area contributed by atoms with Crippen LogP contribution in [0.25, 0.3) is 0 Å². The molecule has 1 aromatic carbocycles. The van der Waals surface area contributed by atoms with E-state index in [0.717, 1.165) is 37.6 Å². The number of benzene rings is 1. The molecule has 2 aliphatic carbocycles. The van der Waals surface area contributed by atoms with Crippen LogP contribution in [0.4, 0.5) is 4.39 Å². The maximum atomic E-state index is 13.7. The molecule has 2 aliphatic rings. The van der Waals surface area contributed by atoms with Gasteiger partial charge in [0.2, 0.25) is 0 Å². The van der Waals surface area contributed by atoms with Crippen molar-refractivity contribution in [3.8, 4) is 5.75 Å². The molecule has 1 amide bonds. The standard InChI is InChI=1S/C16H17FN4O2/c17-11-2-1-3-12(22)14(11)16(23)18-8-13-19-20-15(9-4-5-9)21(13)10-6-7-10/h1-3,9-10,22H,4-8H2,(H,18,23). The molecule has 120 valence electrons. The SMILES string of the molecule is O=C(NCc1nnc(C2CC2)n1C1CC1)c1c(O)cccc1F. The van der Waals surface area contributed by atoms with Gasteiger partial charge in [-0.2, -0.15) is 0 Å². The molecule has 0 unspecified atom stereocenters. The average molecular weight is 316 g/mol. The van der Waals surface area contributed by atoms with Gasteiger partial charge in [0.15, 0.2) is 5.82 Å². The lowest BCUT2D eigenvalue weighted by atomic mass is 10.1. The van der Waals surface area contributed by atoms with E-state index in [1.807, 2.05) is 0 Å². The summed E-state index contributed by atoms with van der Waals surface area (Å²) in [6.45, 7) is 0.169. The number of carbonyl (C=O) groups excluding carboxylic acids is 1. The Morgan fingerprint density at radius 3 is 2.74 bits per heavy atom. The highest BCUT2D eigenvalue weighted by Crippen LogP contribution is 2.44. The lowest BCUT2D eigenvalue weighted by molar-refractivity contribution is 0.0942. The van der Waals surface area contributed by atoms with Gasteiger partial charge in [-0.05, 0) is 37.8 Å². The van der Waals surface area contributed by atoms with E-state index in [2.05, 4.69) is 20.1 Å². The first-order valence-corrected chi connectivity index (χ1v) is 7.84. The maximum absolute atomic E-state index is 13.7. The molecular formula is C16H17FN4O2. The zero-order valence-corrected chi connectivity index (χ0v) is 12.5. The van der Waals surface area contributed by atoms with Crippen LogP contribution in [0.3, 0.4) is 0 Å². The Hall–Kier alpha value is -2.44. The molecule has 1 aromatic heterocycles. The van der Waals surface area contributed by atoms with Crippen molar-refractivity contribution < 1.29 is 14.3 Å². The first-order valence-electron chi connectivity index (χ1n) is 7.84. The summed E-state index contributed by atoms with van der Waals surface area (Å²) in [6, 6.07) is 4.21. The van der Waals surface area contributed by atoms with Crippen molar-refractivity contribution in [1.82, 2.24) is 20.1 Å². The molecular weight excluding hydrogens is 299 g/mol. The van der Waals surface area contributed by atoms with E-state index in [1.54, 1.807) is 0 Å². The third kappa shape index (κ3) is 2.67. The van der Waals surface area contributed by atoms with Crippen molar-refractivity contribution in [3.05, 3.63) is 41.2 Å². The van der Waals surface area contributed by atoms with Gasteiger partial charge in [0.1, 0.15) is 23.0 Å². The highest BCUT2D eigenvalue weighted by Gasteiger charge is 2.36. The lowest BCUT2D eigenvalue weighted by Crippen LogP contribution is -2.26. The average Bonchev–Trinajstić information content (AvgIpc) is 3.43. The summed E-state index contributed by atoms with van der Waals surface area (Å²) in [5, 5.41) is 20.7. The number of amides is 1. The monoisotopic (exact) mass is 316 g/mol. The Balaban J connectivity index is 1.52. The predicted molar refractivity (Wildman–Crippen MR) is 79.5 cm³/mol. The van der Waals surface area contributed by atoms with Gasteiger partial charge in [-0.3, -0.25) is 4.79 Å². The number of aromatic hydroxyl groups is 1. The molecule has 0 atom stereocenters. The largest absolute Gasteiger partial charge is 0.507 e. The van der Waals surface area contributed by atoms with Crippen molar-refractivity contribution in [1.29, 1.82) is 0 Å². The van der Waals surface area contributed by atoms with Gasteiger partial charge in [-0.15, -0.1) is 10.2 Å². The number of aromatic nitrogens is 3. The second-order valence-corrected chi connectivity index (χ2v) is 6.17. The number of rotatable bonds is 5. The minimum atomic E-state index is -0.746. The van der Waals surface area contributed by atoms with Crippen LogP contribution in [-0.4, -0.2) is 25.8 Å². The second-order valence-electron chi connectivity index (χ2n) is 6.17. The second kappa shape index (κ2) is 5.33. The number of hydrogen-bond donors (Lipinski definition) is 2. The number of carbonyl (C=O) groups is 1. The van der Waals surface area contributed by atoms with Gasteiger partial charge < -0.3 is 15.0 Å². The zero-order valence-electron chi connectivity index (χ0n) is 12.5. The first kappa shape index (κ1) is 14.2. The summed E-state index contributed by atoms with van der Waals surface area (Å²) in [5.74, 6) is 0.417. The molecule has 2 fully saturated rings. The van der Waals surface area contributed by atoms with Gasteiger partial charge in [-0.1, -0.05) is 6.07 Å². The van der Waals surface area contributed by atoms with Gasteiger partial charge in [-0.25, -0.2) is 4.39 Å². The van der Waals surface area contributed by atoms with Crippen molar-refractivity contribution in [3.63, 3.8) is 0 Å². The van der Waals surface area contributed by atoms with Gasteiger partial charge >= 0.3 is 0 Å². The predicted octanol–water partition coefficient (Wildman–Crippen LogP) is 2.27. The van der Waals surface area contributed by atoms with E-state index in [-0.39, 0.29) is 17.9 Å². The van der Waals surface area contributed by atoms with Crippen molar-refractivity contribution in [2.75, 3.05) is 0 Å². The number of halogens is 1. The number of nitrogens with zero attached hydrogens (tertiary/aromatic N) is 3. The Morgan fingerprint density at radius 1 is 1.30 bits per heavy atom. The Kier molecular flexibility index (Phi) is 3.28. The molecule has 0 aliphatic heterocycles. The summed E-state index contributed by atoms with van der Waals surface area (Å²) in [7, 11) is 0. The summed E-state index contributed by atoms with van der Waals surface area (Å²) in [5.41, 5.74) is -0.340. The van der Waals surface area contributed by atoms with Crippen molar-refractivity contribution >= 4 is 5.91 Å². The van der Waals surface area contributed by atoms with Crippen LogP contribution in [0.15, 0.2) is 18.2 Å². The first-order chi connectivity index (χ1) is 11.1. The van der Waals surface area contributed by atoms with Crippen LogP contribution in [0, 0.1) is 5.82 Å². The van der Waals surface area contributed by atoms with Gasteiger partial charge in [0.25, 0.3) is 5.91 Å². The van der Waals surface area contributed by atoms with Crippen molar-refractivity contribution in [2.24, 2.45) is 0 Å². The molecule has 6 nitrogen and oxygen atoms in total. The highest BCUT2D eigenvalue weighted by atomic mass is 19.1. The van der Waals surface area contributed by atoms with E-state index in [9.17, 15) is 14.3 Å². The summed E-state index contributed by atoms with van der Waals surface area (Å²) in [4.78, 5) is 12.1. The lowest BCUT2D eigenvalue weighted by Gasteiger charge is -2.10. The summed E-state index contributed by atoms with van der Waals surface area (Å²) >= 11 is 0. The summed E-state index contributed by atoms with van der Waals surface area (Å²) < 4.78 is 15.8. The van der Waals surface area contributed by atoms with E-state index >= 15 is 0 Å². The fraction of sp³-hybridized carbons (Fsp3) is 0.438. The molecule has 4 rings (SSSR count). The maximum Gasteiger partial charge on any atom is 0.258 e. The smallest absolute Gasteiger partial charge is 0.258 e. The van der Waals surface area contributed by atoms with Crippen LogP contribution in [0.1, 0.15) is 59.6 Å². The molecule has 2 aromatic rings. The molecule has 1 heterocycles. The number of nitrogens with one attached hydrogen (secondary N) is 1. The number of phenolic OH excluding ortho intramolecular Hbond substituents is 1. The minimum Gasteiger partial charge on any atom is -0.507 e. The van der Waals surface area contributed by atoms with Crippen LogP contribution < -0.4 is 5.32 Å². The quantitative estimate of drug-likeness (QED) is 0.887. The molecule has 2 N–H and O–H groups in total. The fourth-order valence-electron chi connectivity index (χ4n) is 2.79. The number of hydrogen-bond acceptors (Lipinski definition) is 4. The third-order valence-electron chi connectivity index (χ3n) is 4.27. The Morgan fingerprint density at radius 2 is 2.09 bits per heavy atom. The van der Waals surface area contributed by atoms with Gasteiger partial charge in [0, 0.05) is 12.0 Å². The zero-order chi connectivity index (χ0) is 16.0. The molecule has 0 radical (unpaired) electrons. The minimum absolute atomic E-state index is 0.169. The fourth-order valence-corrected chi connectivity index (χ4v) is 2.79. The van der Waals surface area contributed by atoms with Gasteiger partial charge in [0.05, 0.1) is 6.54 Å². The van der Waals surface area contributed by atoms with Crippen LogP contribution in [-0.2, 0) is 6.54 Å². The highest BCUT2D eigenvalue weighted by molar-refractivity contribution is 5.96. The molecule has 7 heteroatoms. The van der Waals surface area contributed by atoms with Crippen molar-refractivity contribution in [2.45, 2.75) is 44.2 Å². The molecule has 0 saturated heterocycles. The molecule has 0 spiro atoms. The van der Waals surface area contributed by atoms with E-state index in [0.29, 0.717) is 17.8 Å². The van der Waals surface area contributed by atoms with E-state index < -0.39 is 11.7 Å². The molecule has 2 saturated carbocycles. The normalized spacial score (nSPS) is 17.3.